The molecule has 19 heavy (non-hydrogen) atoms. The molecule has 0 aromatic heterocycles. The molecule has 0 aliphatic carbocycles. The van der Waals surface area contributed by atoms with Crippen molar-refractivity contribution < 1.29 is 0 Å². The van der Waals surface area contributed by atoms with Crippen LogP contribution in [0.25, 0.3) is 0 Å². The van der Waals surface area contributed by atoms with E-state index in [1.54, 1.807) is 0 Å². The molecular formula is C17H32Se2. The number of unbranched alkanes of at least 4 members (excludes halogenated alkanes) is 6. The van der Waals surface area contributed by atoms with E-state index in [4.69, 9.17) is 0 Å². The van der Waals surface area contributed by atoms with Crippen LogP contribution in [0.4, 0.5) is 0 Å². The van der Waals surface area contributed by atoms with Gasteiger partial charge in [0.25, 0.3) is 0 Å². The molecular weight excluding hydrogens is 362 g/mol. The molecule has 0 aliphatic rings. The average Bonchev–Trinajstić information content (AvgIpc) is 2.43. The molecule has 112 valence electrons. The van der Waals surface area contributed by atoms with Gasteiger partial charge in [0.2, 0.25) is 0 Å². The number of rotatable bonds is 14. The van der Waals surface area contributed by atoms with E-state index >= 15 is 0 Å². The Labute approximate surface area is 134 Å². The zero-order valence-electron chi connectivity index (χ0n) is 13.0. The molecule has 0 amide bonds. The summed E-state index contributed by atoms with van der Waals surface area (Å²) in [5, 5.41) is 2.93. The van der Waals surface area contributed by atoms with Gasteiger partial charge in [-0.05, 0) is 0 Å². The molecule has 0 fully saturated rings. The van der Waals surface area contributed by atoms with Crippen molar-refractivity contribution in [2.45, 2.75) is 82.3 Å². The van der Waals surface area contributed by atoms with Gasteiger partial charge >= 0.3 is 134 Å². The molecule has 0 unspecified atom stereocenters. The Morgan fingerprint density at radius 2 is 1.37 bits per heavy atom. The van der Waals surface area contributed by atoms with Crippen molar-refractivity contribution in [1.82, 2.24) is 0 Å². The molecule has 0 saturated carbocycles. The predicted octanol–water partition coefficient (Wildman–Crippen LogP) is 5.81. The van der Waals surface area contributed by atoms with Crippen LogP contribution in [0, 0.1) is 0 Å². The van der Waals surface area contributed by atoms with Crippen LogP contribution >= 0.6 is 0 Å². The molecule has 0 bridgehead atoms. The van der Waals surface area contributed by atoms with E-state index in [2.05, 4.69) is 26.5 Å². The zero-order valence-corrected chi connectivity index (χ0v) is 16.4. The molecule has 0 saturated heterocycles. The van der Waals surface area contributed by atoms with Crippen molar-refractivity contribution in [1.29, 1.82) is 0 Å². The Kier molecular flexibility index (Phi) is 17.0. The van der Waals surface area contributed by atoms with E-state index in [-0.39, 0.29) is 0 Å². The second-order valence-corrected chi connectivity index (χ2v) is 10.9. The van der Waals surface area contributed by atoms with Crippen LogP contribution in [0.1, 0.15) is 71.6 Å². The molecule has 0 aromatic carbocycles. The van der Waals surface area contributed by atoms with Gasteiger partial charge in [-0.3, -0.25) is 0 Å². The van der Waals surface area contributed by atoms with Crippen LogP contribution in [-0.2, 0) is 0 Å². The normalized spacial score (nSPS) is 10.4. The molecule has 0 N–H and O–H groups in total. The van der Waals surface area contributed by atoms with E-state index < -0.39 is 0 Å². The summed E-state index contributed by atoms with van der Waals surface area (Å²) in [7, 11) is 0. The first-order chi connectivity index (χ1) is 9.35. The maximum absolute atomic E-state index is 3.84. The number of allylic oxidation sites excluding steroid dienone is 2. The van der Waals surface area contributed by atoms with Gasteiger partial charge in [0.1, 0.15) is 0 Å². The average molecular weight is 394 g/mol. The predicted molar refractivity (Wildman–Crippen MR) is 92.3 cm³/mol. The summed E-state index contributed by atoms with van der Waals surface area (Å²) >= 11 is 1.56. The summed E-state index contributed by atoms with van der Waals surface area (Å²) in [4.78, 5) is 0. The van der Waals surface area contributed by atoms with Crippen LogP contribution in [0.2, 0.25) is 10.6 Å². The molecule has 2 heteroatoms. The topological polar surface area (TPSA) is 0 Å². The third-order valence-corrected chi connectivity index (χ3v) is 9.47. The van der Waals surface area contributed by atoms with Gasteiger partial charge in [0.15, 0.2) is 0 Å². The second-order valence-electron chi connectivity index (χ2n) is 4.87. The minimum atomic E-state index is 0.779. The molecule has 0 nitrogen and oxygen atoms in total. The van der Waals surface area contributed by atoms with Crippen molar-refractivity contribution in [2.24, 2.45) is 0 Å². The molecule has 0 rings (SSSR count). The summed E-state index contributed by atoms with van der Waals surface area (Å²) in [6.45, 7) is 8.43. The Bertz CT molecular complexity index is 205. The first-order valence-electron chi connectivity index (χ1n) is 7.91. The second kappa shape index (κ2) is 16.6. The van der Waals surface area contributed by atoms with Gasteiger partial charge in [-0.2, -0.15) is 0 Å². The Hall–Kier alpha value is 0.519. The van der Waals surface area contributed by atoms with E-state index in [1.165, 1.54) is 62.0 Å². The van der Waals surface area contributed by atoms with E-state index in [0.717, 1.165) is 36.3 Å². The van der Waals surface area contributed by atoms with Gasteiger partial charge < -0.3 is 0 Å². The molecule has 0 aromatic rings. The van der Waals surface area contributed by atoms with Crippen LogP contribution in [0.3, 0.4) is 0 Å². The van der Waals surface area contributed by atoms with Crippen molar-refractivity contribution in [3.8, 4) is 0 Å². The van der Waals surface area contributed by atoms with E-state index in [9.17, 15) is 0 Å². The monoisotopic (exact) mass is 396 g/mol. The molecule has 0 aliphatic heterocycles. The number of hydrogen-bond donors (Lipinski definition) is 0. The van der Waals surface area contributed by atoms with Crippen molar-refractivity contribution in [3.05, 3.63) is 22.1 Å². The van der Waals surface area contributed by atoms with Gasteiger partial charge in [0, 0.05) is 0 Å². The standard InChI is InChI=1S/C17H32Se2/c1-4-7-10-12-15-18-17(14-9-6-3)19-16-13-11-8-5-2/h6,14H,3-5,7-13,15-16H2,1-2H3. The fourth-order valence-electron chi connectivity index (χ4n) is 1.74. The maximum atomic E-state index is 3.84. The third kappa shape index (κ3) is 14.7. The fourth-order valence-corrected chi connectivity index (χ4v) is 7.85. The first-order valence-corrected chi connectivity index (χ1v) is 12.0. The van der Waals surface area contributed by atoms with Gasteiger partial charge in [0.05, 0.1) is 0 Å². The molecule has 0 heterocycles. The SMILES string of the molecule is C=CCC=C([Se]CCCCCC)[Se]CCCCCC. The van der Waals surface area contributed by atoms with Crippen molar-refractivity contribution in [3.63, 3.8) is 0 Å². The minimum absolute atomic E-state index is 0.779. The summed E-state index contributed by atoms with van der Waals surface area (Å²) in [6, 6.07) is 0. The summed E-state index contributed by atoms with van der Waals surface area (Å²) in [6.07, 6.45) is 16.9. The van der Waals surface area contributed by atoms with E-state index in [1.807, 2.05) is 9.45 Å². The van der Waals surface area contributed by atoms with E-state index in [0.29, 0.717) is 0 Å². The molecule has 0 atom stereocenters. The Balaban J connectivity index is 3.73. The van der Waals surface area contributed by atoms with Crippen LogP contribution in [0.15, 0.2) is 22.1 Å². The zero-order chi connectivity index (χ0) is 14.2. The molecule has 0 radical (unpaired) electrons. The van der Waals surface area contributed by atoms with Crippen LogP contribution < -0.4 is 0 Å². The summed E-state index contributed by atoms with van der Waals surface area (Å²) in [5.74, 6) is 0. The van der Waals surface area contributed by atoms with Gasteiger partial charge in [-0.15, -0.1) is 0 Å². The van der Waals surface area contributed by atoms with Crippen LogP contribution in [0.5, 0.6) is 0 Å². The number of hydrogen-bond acceptors (Lipinski definition) is 0. The Morgan fingerprint density at radius 1 is 0.842 bits per heavy atom. The fraction of sp³-hybridized carbons (Fsp3) is 0.765. The Morgan fingerprint density at radius 3 is 1.79 bits per heavy atom. The first kappa shape index (κ1) is 19.5. The third-order valence-electron chi connectivity index (χ3n) is 2.94. The summed E-state index contributed by atoms with van der Waals surface area (Å²) in [5.41, 5.74) is 0. The van der Waals surface area contributed by atoms with Gasteiger partial charge in [-0.1, -0.05) is 0 Å². The van der Waals surface area contributed by atoms with Crippen molar-refractivity contribution in [2.75, 3.05) is 0 Å². The molecule has 0 spiro atoms. The summed E-state index contributed by atoms with van der Waals surface area (Å²) < 4.78 is 1.81. The van der Waals surface area contributed by atoms with Gasteiger partial charge in [-0.25, -0.2) is 0 Å². The van der Waals surface area contributed by atoms with Crippen LogP contribution in [-0.4, -0.2) is 29.9 Å². The quantitative estimate of drug-likeness (QED) is 0.198. The van der Waals surface area contributed by atoms with Crippen molar-refractivity contribution >= 4 is 29.9 Å².